The molecule has 1 N–H and O–H groups in total. The van der Waals surface area contributed by atoms with Gasteiger partial charge >= 0.3 is 5.97 Å². The average molecular weight is 546 g/mol. The Kier molecular flexibility index (Phi) is 7.08. The molecule has 8 nitrogen and oxygen atoms in total. The Morgan fingerprint density at radius 2 is 1.81 bits per heavy atom. The second-order valence-electron chi connectivity index (χ2n) is 7.91. The Morgan fingerprint density at radius 1 is 1.06 bits per heavy atom. The molecule has 0 saturated heterocycles. The van der Waals surface area contributed by atoms with Gasteiger partial charge in [0.2, 0.25) is 0 Å². The first-order valence-electron chi connectivity index (χ1n) is 10.8. The highest BCUT2D eigenvalue weighted by molar-refractivity contribution is 7.90. The third-order valence-electron chi connectivity index (χ3n) is 5.52. The number of rotatable bonds is 6. The fourth-order valence-electron chi connectivity index (χ4n) is 3.71. The number of carbonyl (C=O) groups excluding carboxylic acids is 2. The highest BCUT2D eigenvalue weighted by Gasteiger charge is 2.24. The molecule has 3 aromatic carbocycles. The average Bonchev–Trinajstić information content (AvgIpc) is 3.10. The van der Waals surface area contributed by atoms with Crippen molar-refractivity contribution in [2.45, 2.75) is 25.7 Å². The first-order valence-corrected chi connectivity index (χ1v) is 13.1. The van der Waals surface area contributed by atoms with Gasteiger partial charge in [-0.25, -0.2) is 22.6 Å². The predicted octanol–water partition coefficient (Wildman–Crippen LogP) is 5.24. The highest BCUT2D eigenvalue weighted by Crippen LogP contribution is 2.27. The van der Waals surface area contributed by atoms with Crippen molar-refractivity contribution in [1.29, 1.82) is 0 Å². The van der Waals surface area contributed by atoms with E-state index in [-0.39, 0.29) is 22.6 Å². The van der Waals surface area contributed by atoms with E-state index in [0.29, 0.717) is 32.5 Å². The molecule has 1 aromatic heterocycles. The minimum absolute atomic E-state index is 0.0293. The number of esters is 1. The maximum Gasteiger partial charge on any atom is 0.340 e. The number of aromatic nitrogens is 2. The van der Waals surface area contributed by atoms with E-state index in [1.165, 1.54) is 35.0 Å². The molecule has 4 aromatic rings. The number of amides is 1. The topological polar surface area (TPSA) is 107 Å². The zero-order valence-electron chi connectivity index (χ0n) is 19.5. The van der Waals surface area contributed by atoms with Crippen molar-refractivity contribution >= 4 is 55.9 Å². The molecule has 0 bridgehead atoms. The number of carbonyl (C=O) groups is 2. The Hall–Kier alpha value is -3.40. The maximum absolute atomic E-state index is 13.0. The zero-order valence-corrected chi connectivity index (χ0v) is 21.8. The SMILES string of the molecule is CCOC(=O)c1cc(C(=O)NS(=O)(=O)c2ccc3cccc(Cl)c3c2)ccc1-n1nc(C)c(Cl)c1C. The smallest absolute Gasteiger partial charge is 0.340 e. The Bertz CT molecular complexity index is 1630. The van der Waals surface area contributed by atoms with Gasteiger partial charge in [0.25, 0.3) is 15.9 Å². The van der Waals surface area contributed by atoms with Gasteiger partial charge in [-0.1, -0.05) is 41.4 Å². The first kappa shape index (κ1) is 25.7. The lowest BCUT2D eigenvalue weighted by atomic mass is 10.1. The van der Waals surface area contributed by atoms with Crippen molar-refractivity contribution < 1.29 is 22.7 Å². The van der Waals surface area contributed by atoms with Gasteiger partial charge in [0, 0.05) is 16.0 Å². The van der Waals surface area contributed by atoms with Crippen LogP contribution in [0.3, 0.4) is 0 Å². The van der Waals surface area contributed by atoms with Gasteiger partial charge < -0.3 is 4.74 Å². The lowest BCUT2D eigenvalue weighted by Crippen LogP contribution is -2.30. The number of fused-ring (bicyclic) bond motifs is 1. The van der Waals surface area contributed by atoms with Gasteiger partial charge in [-0.2, -0.15) is 5.10 Å². The van der Waals surface area contributed by atoms with Gasteiger partial charge in [-0.05, 0) is 62.6 Å². The molecule has 11 heteroatoms. The van der Waals surface area contributed by atoms with Crippen LogP contribution >= 0.6 is 23.2 Å². The fraction of sp³-hybridized carbons (Fsp3) is 0.160. The molecule has 0 radical (unpaired) electrons. The van der Waals surface area contributed by atoms with Crippen LogP contribution in [-0.4, -0.2) is 36.7 Å². The molecular formula is C25H21Cl2N3O5S. The van der Waals surface area contributed by atoms with Crippen LogP contribution in [0.2, 0.25) is 10.0 Å². The molecule has 1 heterocycles. The number of nitrogens with zero attached hydrogens (tertiary/aromatic N) is 2. The number of ether oxygens (including phenoxy) is 1. The molecule has 1 amide bonds. The second kappa shape index (κ2) is 9.93. The Labute approximate surface area is 217 Å². The van der Waals surface area contributed by atoms with Crippen molar-refractivity contribution in [2.24, 2.45) is 0 Å². The third kappa shape index (κ3) is 4.82. The number of sulfonamides is 1. The minimum atomic E-state index is -4.24. The fourth-order valence-corrected chi connectivity index (χ4v) is 5.07. The number of halogens is 2. The van der Waals surface area contributed by atoms with E-state index >= 15 is 0 Å². The van der Waals surface area contributed by atoms with Gasteiger partial charge in [0.15, 0.2) is 0 Å². The molecular weight excluding hydrogens is 525 g/mol. The van der Waals surface area contributed by atoms with Crippen LogP contribution < -0.4 is 4.72 Å². The van der Waals surface area contributed by atoms with E-state index in [2.05, 4.69) is 5.10 Å². The van der Waals surface area contributed by atoms with Crippen LogP contribution in [0.25, 0.3) is 16.5 Å². The minimum Gasteiger partial charge on any atom is -0.462 e. The molecule has 0 atom stereocenters. The summed E-state index contributed by atoms with van der Waals surface area (Å²) in [5.74, 6) is -1.62. The number of hydrogen-bond donors (Lipinski definition) is 1. The molecule has 0 saturated carbocycles. The summed E-state index contributed by atoms with van der Waals surface area (Å²) < 4.78 is 34.6. The van der Waals surface area contributed by atoms with E-state index in [1.54, 1.807) is 45.0 Å². The van der Waals surface area contributed by atoms with E-state index in [9.17, 15) is 18.0 Å². The predicted molar refractivity (Wildman–Crippen MR) is 138 cm³/mol. The number of hydrogen-bond acceptors (Lipinski definition) is 6. The van der Waals surface area contributed by atoms with Gasteiger partial charge in [-0.3, -0.25) is 4.79 Å². The highest BCUT2D eigenvalue weighted by atomic mass is 35.5. The van der Waals surface area contributed by atoms with Crippen molar-refractivity contribution in [3.05, 3.63) is 87.2 Å². The maximum atomic E-state index is 13.0. The Balaban J connectivity index is 1.71. The summed E-state index contributed by atoms with van der Waals surface area (Å²) in [5.41, 5.74) is 1.46. The van der Waals surface area contributed by atoms with Crippen LogP contribution in [0.4, 0.5) is 0 Å². The number of aryl methyl sites for hydroxylation is 1. The summed E-state index contributed by atoms with van der Waals surface area (Å²) in [6.45, 7) is 5.21. The van der Waals surface area contributed by atoms with Crippen molar-refractivity contribution in [2.75, 3.05) is 6.61 Å². The summed E-state index contributed by atoms with van der Waals surface area (Å²) in [6, 6.07) is 13.7. The molecule has 186 valence electrons. The van der Waals surface area contributed by atoms with Crippen molar-refractivity contribution in [1.82, 2.24) is 14.5 Å². The van der Waals surface area contributed by atoms with Gasteiger partial charge in [0.05, 0.1) is 39.2 Å². The summed E-state index contributed by atoms with van der Waals surface area (Å²) in [7, 11) is -4.24. The van der Waals surface area contributed by atoms with Crippen LogP contribution in [0.15, 0.2) is 59.5 Å². The summed E-state index contributed by atoms with van der Waals surface area (Å²) >= 11 is 12.5. The second-order valence-corrected chi connectivity index (χ2v) is 10.4. The molecule has 4 rings (SSSR count). The van der Waals surface area contributed by atoms with E-state index < -0.39 is 21.9 Å². The lowest BCUT2D eigenvalue weighted by molar-refractivity contribution is 0.0526. The third-order valence-corrected chi connectivity index (χ3v) is 7.73. The van der Waals surface area contributed by atoms with E-state index in [1.807, 2.05) is 4.72 Å². The number of nitrogens with one attached hydrogen (secondary N) is 1. The zero-order chi connectivity index (χ0) is 26.2. The first-order chi connectivity index (χ1) is 17.0. The normalized spacial score (nSPS) is 11.5. The van der Waals surface area contributed by atoms with Crippen LogP contribution in [0.1, 0.15) is 39.0 Å². The lowest BCUT2D eigenvalue weighted by Gasteiger charge is -2.13. The summed E-state index contributed by atoms with van der Waals surface area (Å²) in [6.07, 6.45) is 0. The molecule has 0 aliphatic carbocycles. The van der Waals surface area contributed by atoms with Gasteiger partial charge in [-0.15, -0.1) is 0 Å². The summed E-state index contributed by atoms with van der Waals surface area (Å²) in [4.78, 5) is 25.6. The quantitative estimate of drug-likeness (QED) is 0.332. The summed E-state index contributed by atoms with van der Waals surface area (Å²) in [5, 5.41) is 6.47. The van der Waals surface area contributed by atoms with Crippen LogP contribution in [-0.2, 0) is 14.8 Å². The molecule has 0 aliphatic heterocycles. The van der Waals surface area contributed by atoms with Crippen LogP contribution in [0, 0.1) is 13.8 Å². The Morgan fingerprint density at radius 3 is 2.47 bits per heavy atom. The van der Waals surface area contributed by atoms with Gasteiger partial charge in [0.1, 0.15) is 0 Å². The van der Waals surface area contributed by atoms with E-state index in [0.717, 1.165) is 5.39 Å². The molecule has 0 spiro atoms. The largest absolute Gasteiger partial charge is 0.462 e. The van der Waals surface area contributed by atoms with Crippen LogP contribution in [0.5, 0.6) is 0 Å². The monoisotopic (exact) mass is 545 g/mol. The molecule has 0 fully saturated rings. The van der Waals surface area contributed by atoms with Crippen molar-refractivity contribution in [3.63, 3.8) is 0 Å². The van der Waals surface area contributed by atoms with Crippen molar-refractivity contribution in [3.8, 4) is 5.69 Å². The molecule has 0 unspecified atom stereocenters. The standard InChI is InChI=1S/C25H21Cl2N3O5S/c1-4-35-25(32)20-12-17(9-11-22(20)30-15(3)23(27)14(2)28-30)24(31)29-36(33,34)18-10-8-16-6-5-7-21(26)19(16)13-18/h5-13H,4H2,1-3H3,(H,29,31). The van der Waals surface area contributed by atoms with E-state index in [4.69, 9.17) is 27.9 Å². The molecule has 0 aliphatic rings. The molecule has 36 heavy (non-hydrogen) atoms. The number of benzene rings is 3.